The predicted molar refractivity (Wildman–Crippen MR) is 74.2 cm³/mol. The molecule has 0 unspecified atom stereocenters. The van der Waals surface area contributed by atoms with Crippen LogP contribution >= 0.6 is 15.9 Å². The number of rotatable bonds is 2. The summed E-state index contributed by atoms with van der Waals surface area (Å²) >= 11 is 2.95. The Labute approximate surface area is 125 Å². The van der Waals surface area contributed by atoms with Crippen molar-refractivity contribution in [2.24, 2.45) is 0 Å². The van der Waals surface area contributed by atoms with Gasteiger partial charge in [0.2, 0.25) is 5.56 Å². The lowest BCUT2D eigenvalue weighted by Gasteiger charge is -2.11. The Bertz CT molecular complexity index is 741. The number of alkyl halides is 3. The lowest BCUT2D eigenvalue weighted by Crippen LogP contribution is -2.18. The predicted octanol–water partition coefficient (Wildman–Crippen LogP) is 3.41. The first-order valence-electron chi connectivity index (χ1n) is 5.64. The number of aromatic nitrogens is 1. The highest BCUT2D eigenvalue weighted by Gasteiger charge is 2.31. The van der Waals surface area contributed by atoms with E-state index in [2.05, 4.69) is 26.2 Å². The number of hydrogen-bond acceptors (Lipinski definition) is 2. The minimum absolute atomic E-state index is 0.0357. The van der Waals surface area contributed by atoms with Gasteiger partial charge in [0.1, 0.15) is 5.69 Å². The van der Waals surface area contributed by atoms with Crippen LogP contribution < -0.4 is 10.9 Å². The van der Waals surface area contributed by atoms with Crippen LogP contribution in [0.4, 0.5) is 18.9 Å². The summed E-state index contributed by atoms with van der Waals surface area (Å²) in [7, 11) is 0. The molecule has 0 radical (unpaired) electrons. The lowest BCUT2D eigenvalue weighted by atomic mass is 10.2. The number of carbonyl (C=O) groups is 1. The van der Waals surface area contributed by atoms with Crippen molar-refractivity contribution in [3.63, 3.8) is 0 Å². The summed E-state index contributed by atoms with van der Waals surface area (Å²) in [5.41, 5.74) is -1.45. The Kier molecular flexibility index (Phi) is 4.17. The number of aromatic amines is 1. The molecule has 0 atom stereocenters. The number of hydrogen-bond donors (Lipinski definition) is 2. The number of anilines is 1. The van der Waals surface area contributed by atoms with E-state index in [0.717, 1.165) is 12.1 Å². The number of amides is 1. The van der Waals surface area contributed by atoms with Crippen molar-refractivity contribution in [1.29, 1.82) is 0 Å². The van der Waals surface area contributed by atoms with Crippen LogP contribution in [0, 0.1) is 0 Å². The average Bonchev–Trinajstić information content (AvgIpc) is 2.37. The molecule has 2 N–H and O–H groups in total. The normalized spacial score (nSPS) is 11.2. The van der Waals surface area contributed by atoms with E-state index in [1.807, 2.05) is 0 Å². The van der Waals surface area contributed by atoms with Crippen LogP contribution in [0.15, 0.2) is 45.7 Å². The molecule has 0 aliphatic heterocycles. The van der Waals surface area contributed by atoms with Crippen molar-refractivity contribution in [3.8, 4) is 0 Å². The monoisotopic (exact) mass is 360 g/mol. The number of pyridine rings is 1. The van der Waals surface area contributed by atoms with Crippen LogP contribution in [0.1, 0.15) is 16.1 Å². The SMILES string of the molecule is O=C(Nc1cc(Br)cc(C(F)(F)F)c1)c1cccc(=O)[nH]1. The molecule has 0 saturated carbocycles. The zero-order valence-electron chi connectivity index (χ0n) is 10.3. The van der Waals surface area contributed by atoms with Gasteiger partial charge in [0.15, 0.2) is 0 Å². The molecule has 1 aromatic heterocycles. The van der Waals surface area contributed by atoms with E-state index >= 15 is 0 Å². The van der Waals surface area contributed by atoms with Gasteiger partial charge in [0, 0.05) is 16.2 Å². The molecule has 0 spiro atoms. The van der Waals surface area contributed by atoms with Gasteiger partial charge in [-0.2, -0.15) is 13.2 Å². The molecule has 0 aliphatic rings. The zero-order chi connectivity index (χ0) is 15.6. The molecule has 2 rings (SSSR count). The Morgan fingerprint density at radius 1 is 1.19 bits per heavy atom. The fraction of sp³-hybridized carbons (Fsp3) is 0.0769. The second-order valence-corrected chi connectivity index (χ2v) is 5.02. The summed E-state index contributed by atoms with van der Waals surface area (Å²) in [6.07, 6.45) is -4.52. The van der Waals surface area contributed by atoms with Gasteiger partial charge >= 0.3 is 6.18 Å². The molecule has 1 amide bonds. The van der Waals surface area contributed by atoms with Crippen molar-refractivity contribution >= 4 is 27.5 Å². The summed E-state index contributed by atoms with van der Waals surface area (Å²) in [6, 6.07) is 6.98. The average molecular weight is 361 g/mol. The third-order valence-electron chi connectivity index (χ3n) is 2.50. The van der Waals surface area contributed by atoms with E-state index in [0.29, 0.717) is 0 Å². The number of halogens is 4. The van der Waals surface area contributed by atoms with Crippen LogP contribution in [0.25, 0.3) is 0 Å². The molecule has 0 fully saturated rings. The van der Waals surface area contributed by atoms with Gasteiger partial charge in [0.05, 0.1) is 5.56 Å². The van der Waals surface area contributed by atoms with Crippen molar-refractivity contribution in [3.05, 3.63) is 62.5 Å². The van der Waals surface area contributed by atoms with E-state index in [-0.39, 0.29) is 15.9 Å². The molecular weight excluding hydrogens is 353 g/mol. The molecule has 4 nitrogen and oxygen atoms in total. The molecule has 8 heteroatoms. The smallest absolute Gasteiger partial charge is 0.321 e. The van der Waals surface area contributed by atoms with Gasteiger partial charge in [-0.15, -0.1) is 0 Å². The number of H-pyrrole nitrogens is 1. The summed E-state index contributed by atoms with van der Waals surface area (Å²) < 4.78 is 38.2. The van der Waals surface area contributed by atoms with Crippen LogP contribution in [0.2, 0.25) is 0 Å². The van der Waals surface area contributed by atoms with Crippen molar-refractivity contribution < 1.29 is 18.0 Å². The highest BCUT2D eigenvalue weighted by molar-refractivity contribution is 9.10. The highest BCUT2D eigenvalue weighted by atomic mass is 79.9. The maximum absolute atomic E-state index is 12.7. The Morgan fingerprint density at radius 3 is 2.52 bits per heavy atom. The second-order valence-electron chi connectivity index (χ2n) is 4.11. The number of nitrogens with one attached hydrogen (secondary N) is 2. The highest BCUT2D eigenvalue weighted by Crippen LogP contribution is 2.33. The van der Waals surface area contributed by atoms with Crippen LogP contribution in [-0.2, 0) is 6.18 Å². The Hall–Kier alpha value is -2.09. The lowest BCUT2D eigenvalue weighted by molar-refractivity contribution is -0.137. The molecule has 110 valence electrons. The minimum Gasteiger partial charge on any atom is -0.321 e. The summed E-state index contributed by atoms with van der Waals surface area (Å²) in [6.45, 7) is 0. The van der Waals surface area contributed by atoms with Gasteiger partial charge in [-0.1, -0.05) is 22.0 Å². The van der Waals surface area contributed by atoms with E-state index < -0.39 is 23.2 Å². The van der Waals surface area contributed by atoms with Crippen LogP contribution in [0.5, 0.6) is 0 Å². The molecule has 21 heavy (non-hydrogen) atoms. The zero-order valence-corrected chi connectivity index (χ0v) is 11.9. The molecule has 1 heterocycles. The van der Waals surface area contributed by atoms with Crippen LogP contribution in [0.3, 0.4) is 0 Å². The first-order chi connectivity index (χ1) is 9.75. The Balaban J connectivity index is 2.29. The molecule has 0 aliphatic carbocycles. The number of benzene rings is 1. The summed E-state index contributed by atoms with van der Waals surface area (Å²) in [5.74, 6) is -0.709. The van der Waals surface area contributed by atoms with Gasteiger partial charge < -0.3 is 10.3 Å². The maximum Gasteiger partial charge on any atom is 0.416 e. The summed E-state index contributed by atoms with van der Waals surface area (Å²) in [5, 5.41) is 2.30. The second kappa shape index (κ2) is 5.72. The molecule has 0 saturated heterocycles. The van der Waals surface area contributed by atoms with Gasteiger partial charge in [0.25, 0.3) is 5.91 Å². The van der Waals surface area contributed by atoms with Gasteiger partial charge in [-0.05, 0) is 24.3 Å². The quantitative estimate of drug-likeness (QED) is 0.861. The fourth-order valence-electron chi connectivity index (χ4n) is 1.60. The maximum atomic E-state index is 12.7. The molecule has 0 bridgehead atoms. The number of carbonyl (C=O) groups excluding carboxylic acids is 1. The van der Waals surface area contributed by atoms with E-state index in [4.69, 9.17) is 0 Å². The van der Waals surface area contributed by atoms with E-state index in [1.165, 1.54) is 24.3 Å². The van der Waals surface area contributed by atoms with Crippen molar-refractivity contribution in [1.82, 2.24) is 4.98 Å². The van der Waals surface area contributed by atoms with Gasteiger partial charge in [-0.3, -0.25) is 9.59 Å². The van der Waals surface area contributed by atoms with Crippen molar-refractivity contribution in [2.75, 3.05) is 5.32 Å². The largest absolute Gasteiger partial charge is 0.416 e. The van der Waals surface area contributed by atoms with Crippen molar-refractivity contribution in [2.45, 2.75) is 6.18 Å². The summed E-state index contributed by atoms with van der Waals surface area (Å²) in [4.78, 5) is 25.2. The van der Waals surface area contributed by atoms with E-state index in [9.17, 15) is 22.8 Å². The molecule has 2 aromatic rings. The Morgan fingerprint density at radius 2 is 1.90 bits per heavy atom. The molecule has 1 aromatic carbocycles. The van der Waals surface area contributed by atoms with Crippen LogP contribution in [-0.4, -0.2) is 10.9 Å². The fourth-order valence-corrected chi connectivity index (χ4v) is 2.10. The first kappa shape index (κ1) is 15.3. The third-order valence-corrected chi connectivity index (χ3v) is 2.95. The third kappa shape index (κ3) is 3.94. The standard InChI is InChI=1S/C13H8BrF3N2O2/c14-8-4-7(13(15,16)17)5-9(6-8)18-12(21)10-2-1-3-11(20)19-10/h1-6H,(H,18,21)(H,19,20). The molecular formula is C13H8BrF3N2O2. The van der Waals surface area contributed by atoms with Gasteiger partial charge in [-0.25, -0.2) is 0 Å². The topological polar surface area (TPSA) is 62.0 Å². The minimum atomic E-state index is -4.52. The first-order valence-corrected chi connectivity index (χ1v) is 6.43. The van der Waals surface area contributed by atoms with E-state index in [1.54, 1.807) is 0 Å².